The summed E-state index contributed by atoms with van der Waals surface area (Å²) in [5, 5.41) is 3.71. The van der Waals surface area contributed by atoms with Crippen molar-refractivity contribution in [2.24, 2.45) is 5.41 Å². The van der Waals surface area contributed by atoms with Crippen molar-refractivity contribution in [1.82, 2.24) is 10.3 Å². The minimum Gasteiger partial charge on any atom is -0.469 e. The van der Waals surface area contributed by atoms with Crippen LogP contribution in [0.3, 0.4) is 0 Å². The highest BCUT2D eigenvalue weighted by Gasteiger charge is 2.28. The first-order valence-electron chi connectivity index (χ1n) is 6.77. The summed E-state index contributed by atoms with van der Waals surface area (Å²) >= 11 is 0. The Kier molecular flexibility index (Phi) is 4.53. The lowest BCUT2D eigenvalue weighted by Gasteiger charge is -2.22. The standard InChI is InChI=1S/C16H19FN2O2/c1-16(2,15(20)21-3)10-18-9-11-6-7-13(17)12-5-4-8-19-14(11)12/h4-8,18H,9-10H2,1-3H3. The fourth-order valence-electron chi connectivity index (χ4n) is 2.20. The van der Waals surface area contributed by atoms with Crippen LogP contribution in [0, 0.1) is 11.2 Å². The van der Waals surface area contributed by atoms with Gasteiger partial charge in [-0.05, 0) is 37.6 Å². The van der Waals surface area contributed by atoms with Gasteiger partial charge in [0.1, 0.15) is 5.82 Å². The predicted octanol–water partition coefficient (Wildman–Crippen LogP) is 2.66. The number of ether oxygens (including phenoxy) is 1. The number of carbonyl (C=O) groups excluding carboxylic acids is 1. The van der Waals surface area contributed by atoms with E-state index < -0.39 is 5.41 Å². The lowest BCUT2D eigenvalue weighted by molar-refractivity contribution is -0.150. The molecule has 1 aromatic heterocycles. The first-order valence-corrected chi connectivity index (χ1v) is 6.77. The van der Waals surface area contributed by atoms with Gasteiger partial charge in [0.25, 0.3) is 0 Å². The fraction of sp³-hybridized carbons (Fsp3) is 0.375. The molecule has 0 bridgehead atoms. The summed E-state index contributed by atoms with van der Waals surface area (Å²) in [6.45, 7) is 4.60. The molecule has 1 aromatic carbocycles. The van der Waals surface area contributed by atoms with Crippen LogP contribution >= 0.6 is 0 Å². The minimum atomic E-state index is -0.613. The first-order chi connectivity index (χ1) is 9.95. The molecule has 0 radical (unpaired) electrons. The van der Waals surface area contributed by atoms with Gasteiger partial charge in [-0.2, -0.15) is 0 Å². The van der Waals surface area contributed by atoms with E-state index in [0.29, 0.717) is 24.0 Å². The Morgan fingerprint density at radius 3 is 2.86 bits per heavy atom. The molecule has 2 aromatic rings. The van der Waals surface area contributed by atoms with Gasteiger partial charge < -0.3 is 10.1 Å². The van der Waals surface area contributed by atoms with E-state index in [-0.39, 0.29) is 11.8 Å². The third kappa shape index (κ3) is 3.36. The third-order valence-corrected chi connectivity index (χ3v) is 3.42. The molecule has 0 spiro atoms. The zero-order valence-electron chi connectivity index (χ0n) is 12.4. The van der Waals surface area contributed by atoms with Gasteiger partial charge in [-0.25, -0.2) is 4.39 Å². The molecule has 0 aliphatic heterocycles. The Labute approximate surface area is 123 Å². The monoisotopic (exact) mass is 290 g/mol. The molecule has 0 aliphatic rings. The van der Waals surface area contributed by atoms with Crippen LogP contribution in [-0.2, 0) is 16.1 Å². The SMILES string of the molecule is COC(=O)C(C)(C)CNCc1ccc(F)c2cccnc12. The average molecular weight is 290 g/mol. The number of rotatable bonds is 5. The van der Waals surface area contributed by atoms with Gasteiger partial charge in [0.2, 0.25) is 0 Å². The molecule has 4 nitrogen and oxygen atoms in total. The number of fused-ring (bicyclic) bond motifs is 1. The van der Waals surface area contributed by atoms with Gasteiger partial charge in [0, 0.05) is 24.7 Å². The number of nitrogens with one attached hydrogen (secondary N) is 1. The number of pyridine rings is 1. The second-order valence-corrected chi connectivity index (χ2v) is 5.59. The van der Waals surface area contributed by atoms with Crippen LogP contribution < -0.4 is 5.32 Å². The fourth-order valence-corrected chi connectivity index (χ4v) is 2.20. The zero-order valence-corrected chi connectivity index (χ0v) is 12.4. The summed E-state index contributed by atoms with van der Waals surface area (Å²) in [6.07, 6.45) is 1.64. The molecule has 112 valence electrons. The Bertz CT molecular complexity index is 656. The van der Waals surface area contributed by atoms with Crippen molar-refractivity contribution in [3.8, 4) is 0 Å². The van der Waals surface area contributed by atoms with Crippen LogP contribution in [-0.4, -0.2) is 24.6 Å². The van der Waals surface area contributed by atoms with E-state index in [9.17, 15) is 9.18 Å². The molecule has 1 N–H and O–H groups in total. The van der Waals surface area contributed by atoms with Gasteiger partial charge in [0.05, 0.1) is 18.0 Å². The van der Waals surface area contributed by atoms with E-state index in [1.165, 1.54) is 13.2 Å². The van der Waals surface area contributed by atoms with E-state index in [1.807, 2.05) is 13.8 Å². The van der Waals surface area contributed by atoms with Crippen molar-refractivity contribution < 1.29 is 13.9 Å². The summed E-state index contributed by atoms with van der Waals surface area (Å²) in [5.74, 6) is -0.547. The third-order valence-electron chi connectivity index (χ3n) is 3.42. The maximum absolute atomic E-state index is 13.7. The highest BCUT2D eigenvalue weighted by Crippen LogP contribution is 2.20. The van der Waals surface area contributed by atoms with E-state index in [4.69, 9.17) is 4.74 Å². The molecule has 0 saturated carbocycles. The summed E-state index contributed by atoms with van der Waals surface area (Å²) < 4.78 is 18.5. The van der Waals surface area contributed by atoms with Gasteiger partial charge >= 0.3 is 5.97 Å². The Hall–Kier alpha value is -2.01. The molecular formula is C16H19FN2O2. The number of esters is 1. The molecule has 21 heavy (non-hydrogen) atoms. The number of hydrogen-bond acceptors (Lipinski definition) is 4. The number of benzene rings is 1. The summed E-state index contributed by atoms with van der Waals surface area (Å²) in [5.41, 5.74) is 0.923. The van der Waals surface area contributed by atoms with E-state index in [2.05, 4.69) is 10.3 Å². The molecule has 0 saturated heterocycles. The largest absolute Gasteiger partial charge is 0.469 e. The molecule has 5 heteroatoms. The Morgan fingerprint density at radius 2 is 2.14 bits per heavy atom. The van der Waals surface area contributed by atoms with Gasteiger partial charge in [-0.15, -0.1) is 0 Å². The van der Waals surface area contributed by atoms with E-state index >= 15 is 0 Å². The number of carbonyl (C=O) groups is 1. The van der Waals surface area contributed by atoms with Crippen molar-refractivity contribution in [2.45, 2.75) is 20.4 Å². The topological polar surface area (TPSA) is 51.2 Å². The molecular weight excluding hydrogens is 271 g/mol. The van der Waals surface area contributed by atoms with Crippen LogP contribution in [0.2, 0.25) is 0 Å². The lowest BCUT2D eigenvalue weighted by Crippen LogP contribution is -2.36. The number of aromatic nitrogens is 1. The maximum Gasteiger partial charge on any atom is 0.312 e. The van der Waals surface area contributed by atoms with Crippen LogP contribution in [0.5, 0.6) is 0 Å². The van der Waals surface area contributed by atoms with E-state index in [1.54, 1.807) is 24.4 Å². The smallest absolute Gasteiger partial charge is 0.312 e. The predicted molar refractivity (Wildman–Crippen MR) is 79.2 cm³/mol. The lowest BCUT2D eigenvalue weighted by atomic mass is 9.93. The van der Waals surface area contributed by atoms with Gasteiger partial charge in [-0.3, -0.25) is 9.78 Å². The number of halogens is 1. The van der Waals surface area contributed by atoms with E-state index in [0.717, 1.165) is 5.56 Å². The number of hydrogen-bond donors (Lipinski definition) is 1. The summed E-state index contributed by atoms with van der Waals surface area (Å²) in [4.78, 5) is 15.8. The van der Waals surface area contributed by atoms with Crippen LogP contribution in [0.25, 0.3) is 10.9 Å². The zero-order chi connectivity index (χ0) is 15.5. The highest BCUT2D eigenvalue weighted by atomic mass is 19.1. The minimum absolute atomic E-state index is 0.267. The number of nitrogens with zero attached hydrogens (tertiary/aromatic N) is 1. The molecule has 1 heterocycles. The second kappa shape index (κ2) is 6.18. The van der Waals surface area contributed by atoms with Crippen molar-refractivity contribution in [1.29, 1.82) is 0 Å². The first kappa shape index (κ1) is 15.4. The highest BCUT2D eigenvalue weighted by molar-refractivity contribution is 5.82. The average Bonchev–Trinajstić information content (AvgIpc) is 2.49. The Balaban J connectivity index is 2.11. The van der Waals surface area contributed by atoms with Crippen molar-refractivity contribution >= 4 is 16.9 Å². The summed E-state index contributed by atoms with van der Waals surface area (Å²) in [6, 6.07) is 6.57. The second-order valence-electron chi connectivity index (χ2n) is 5.59. The van der Waals surface area contributed by atoms with Crippen LogP contribution in [0.4, 0.5) is 4.39 Å². The molecule has 0 amide bonds. The van der Waals surface area contributed by atoms with Crippen molar-refractivity contribution in [3.63, 3.8) is 0 Å². The van der Waals surface area contributed by atoms with Crippen LogP contribution in [0.15, 0.2) is 30.5 Å². The quantitative estimate of drug-likeness (QED) is 0.860. The molecule has 0 unspecified atom stereocenters. The molecule has 0 aliphatic carbocycles. The van der Waals surface area contributed by atoms with Gasteiger partial charge in [-0.1, -0.05) is 6.07 Å². The molecule has 0 fully saturated rings. The normalized spacial score (nSPS) is 11.6. The van der Waals surface area contributed by atoms with Crippen LogP contribution in [0.1, 0.15) is 19.4 Å². The van der Waals surface area contributed by atoms with Gasteiger partial charge in [0.15, 0.2) is 0 Å². The number of methoxy groups -OCH3 is 1. The van der Waals surface area contributed by atoms with Crippen molar-refractivity contribution in [3.05, 3.63) is 41.8 Å². The molecule has 2 rings (SSSR count). The Morgan fingerprint density at radius 1 is 1.38 bits per heavy atom. The maximum atomic E-state index is 13.7. The molecule has 0 atom stereocenters. The summed E-state index contributed by atoms with van der Waals surface area (Å²) in [7, 11) is 1.38. The van der Waals surface area contributed by atoms with Crippen molar-refractivity contribution in [2.75, 3.05) is 13.7 Å².